The highest BCUT2D eigenvalue weighted by Gasteiger charge is 2.02. The second kappa shape index (κ2) is 2.37. The van der Waals surface area contributed by atoms with Gasteiger partial charge in [0.05, 0.1) is 5.37 Å². The van der Waals surface area contributed by atoms with Gasteiger partial charge in [-0.15, -0.1) is 0 Å². The van der Waals surface area contributed by atoms with E-state index in [9.17, 15) is 0 Å². The molecule has 2 nitrogen and oxygen atoms in total. The lowest BCUT2D eigenvalue weighted by Gasteiger charge is -2.15. The monoisotopic (exact) mass is 146 g/mol. The van der Waals surface area contributed by atoms with Gasteiger partial charge in [-0.3, -0.25) is 0 Å². The Labute approximate surface area is 58.8 Å². The molecule has 0 spiro atoms. The summed E-state index contributed by atoms with van der Waals surface area (Å²) in [5, 5.41) is 6.39. The Morgan fingerprint density at radius 2 is 2.50 bits per heavy atom. The molecule has 8 heavy (non-hydrogen) atoms. The Morgan fingerprint density at radius 1 is 1.75 bits per heavy atom. The van der Waals surface area contributed by atoms with E-state index in [4.69, 9.17) is 12.2 Å². The van der Waals surface area contributed by atoms with Gasteiger partial charge in [0, 0.05) is 6.20 Å². The molecule has 1 rings (SSSR count). The third kappa shape index (κ3) is 1.38. The average molecular weight is 146 g/mol. The smallest absolute Gasteiger partial charge is 0.171 e. The Hall–Kier alpha value is -0.220. The van der Waals surface area contributed by atoms with Crippen molar-refractivity contribution >= 4 is 30.0 Å². The zero-order valence-electron chi connectivity index (χ0n) is 4.09. The van der Waals surface area contributed by atoms with Crippen LogP contribution in [0.1, 0.15) is 0 Å². The molecule has 4 heteroatoms. The van der Waals surface area contributed by atoms with Crippen molar-refractivity contribution < 1.29 is 0 Å². The summed E-state index contributed by atoms with van der Waals surface area (Å²) in [6.07, 6.45) is 3.65. The fourth-order valence-corrected chi connectivity index (χ4v) is 0.937. The van der Waals surface area contributed by atoms with Gasteiger partial charge in [-0.2, -0.15) is 12.6 Å². The second-order valence-corrected chi connectivity index (χ2v) is 2.39. The lowest BCUT2D eigenvalue weighted by atomic mass is 10.5. The molecule has 0 saturated carbocycles. The van der Waals surface area contributed by atoms with E-state index >= 15 is 0 Å². The molecule has 0 radical (unpaired) electrons. The zero-order valence-corrected chi connectivity index (χ0v) is 5.80. The summed E-state index contributed by atoms with van der Waals surface area (Å²) in [4.78, 5) is 0. The van der Waals surface area contributed by atoms with Gasteiger partial charge < -0.3 is 10.6 Å². The van der Waals surface area contributed by atoms with Gasteiger partial charge in [-0.25, -0.2) is 0 Å². The van der Waals surface area contributed by atoms with Gasteiger partial charge in [0.15, 0.2) is 5.11 Å². The highest BCUT2D eigenvalue weighted by molar-refractivity contribution is 7.82. The quantitative estimate of drug-likeness (QED) is 0.337. The number of rotatable bonds is 0. The Balaban J connectivity index is 2.54. The predicted molar refractivity (Wildman–Crippen MR) is 40.8 cm³/mol. The van der Waals surface area contributed by atoms with E-state index < -0.39 is 0 Å². The van der Waals surface area contributed by atoms with Crippen molar-refractivity contribution in [3.63, 3.8) is 0 Å². The largest absolute Gasteiger partial charge is 0.347 e. The van der Waals surface area contributed by atoms with Gasteiger partial charge >= 0.3 is 0 Å². The third-order valence-corrected chi connectivity index (χ3v) is 1.31. The van der Waals surface area contributed by atoms with Gasteiger partial charge in [0.2, 0.25) is 0 Å². The van der Waals surface area contributed by atoms with E-state index in [1.807, 2.05) is 6.08 Å². The van der Waals surface area contributed by atoms with E-state index in [0.717, 1.165) is 0 Å². The lowest BCUT2D eigenvalue weighted by molar-refractivity contribution is 0.921. The van der Waals surface area contributed by atoms with Crippen LogP contribution in [0.15, 0.2) is 12.3 Å². The first-order valence-corrected chi connectivity index (χ1v) is 3.13. The molecule has 1 aliphatic rings. The Kier molecular flexibility index (Phi) is 1.75. The Morgan fingerprint density at radius 3 is 2.88 bits per heavy atom. The summed E-state index contributed by atoms with van der Waals surface area (Å²) >= 11 is 8.86. The average Bonchev–Trinajstić information content (AvgIpc) is 1.64. The highest BCUT2D eigenvalue weighted by atomic mass is 32.1. The molecule has 0 aromatic carbocycles. The second-order valence-electron chi connectivity index (χ2n) is 1.42. The minimum absolute atomic E-state index is 0.0729. The first-order valence-electron chi connectivity index (χ1n) is 2.21. The van der Waals surface area contributed by atoms with Crippen LogP contribution in [0.5, 0.6) is 0 Å². The third-order valence-electron chi connectivity index (χ3n) is 0.772. The molecule has 1 heterocycles. The maximum Gasteiger partial charge on any atom is 0.171 e. The maximum absolute atomic E-state index is 4.76. The SMILES string of the molecule is S=C1NC=C[C@@H](S)N1. The molecule has 0 aromatic rings. The molecule has 0 fully saturated rings. The van der Waals surface area contributed by atoms with Gasteiger partial charge in [-0.1, -0.05) is 0 Å². The number of thiol groups is 1. The van der Waals surface area contributed by atoms with Crippen molar-refractivity contribution in [1.82, 2.24) is 10.6 Å². The topological polar surface area (TPSA) is 24.1 Å². The van der Waals surface area contributed by atoms with Crippen LogP contribution in [-0.2, 0) is 0 Å². The van der Waals surface area contributed by atoms with Crippen LogP contribution in [0.4, 0.5) is 0 Å². The van der Waals surface area contributed by atoms with Crippen LogP contribution in [-0.4, -0.2) is 10.5 Å². The fourth-order valence-electron chi connectivity index (χ4n) is 0.439. The number of thiocarbonyl (C=S) groups is 1. The molecular formula is C4H6N2S2. The Bertz CT molecular complexity index is 132. The summed E-state index contributed by atoms with van der Waals surface area (Å²) in [7, 11) is 0. The summed E-state index contributed by atoms with van der Waals surface area (Å²) in [5.41, 5.74) is 0. The van der Waals surface area contributed by atoms with Crippen molar-refractivity contribution in [3.8, 4) is 0 Å². The molecule has 0 aromatic heterocycles. The maximum atomic E-state index is 4.76. The predicted octanol–water partition coefficient (Wildman–Crippen LogP) is 0.234. The summed E-state index contributed by atoms with van der Waals surface area (Å²) in [5.74, 6) is 0. The lowest BCUT2D eigenvalue weighted by Crippen LogP contribution is -2.39. The normalized spacial score (nSPS) is 26.6. The summed E-state index contributed by atoms with van der Waals surface area (Å²) in [6.45, 7) is 0. The zero-order chi connectivity index (χ0) is 5.98. The van der Waals surface area contributed by atoms with Crippen LogP contribution >= 0.6 is 24.8 Å². The van der Waals surface area contributed by atoms with Crippen LogP contribution in [0.2, 0.25) is 0 Å². The minimum Gasteiger partial charge on any atom is -0.347 e. The molecular weight excluding hydrogens is 140 g/mol. The highest BCUT2D eigenvalue weighted by Crippen LogP contribution is 1.94. The molecule has 44 valence electrons. The van der Waals surface area contributed by atoms with E-state index in [2.05, 4.69) is 23.3 Å². The van der Waals surface area contributed by atoms with Crippen molar-refractivity contribution in [2.75, 3.05) is 0 Å². The van der Waals surface area contributed by atoms with Crippen LogP contribution in [0, 0.1) is 0 Å². The van der Waals surface area contributed by atoms with E-state index in [0.29, 0.717) is 5.11 Å². The number of nitrogens with one attached hydrogen (secondary N) is 2. The molecule has 0 bridgehead atoms. The van der Waals surface area contributed by atoms with Crippen molar-refractivity contribution in [2.24, 2.45) is 0 Å². The molecule has 0 saturated heterocycles. The fraction of sp³-hybridized carbons (Fsp3) is 0.250. The molecule has 1 atom stereocenters. The molecule has 0 amide bonds. The van der Waals surface area contributed by atoms with Gasteiger partial charge in [0.1, 0.15) is 0 Å². The van der Waals surface area contributed by atoms with Crippen LogP contribution in [0.25, 0.3) is 0 Å². The first-order chi connectivity index (χ1) is 3.79. The van der Waals surface area contributed by atoms with Crippen molar-refractivity contribution in [3.05, 3.63) is 12.3 Å². The van der Waals surface area contributed by atoms with Gasteiger partial charge in [0.25, 0.3) is 0 Å². The molecule has 0 unspecified atom stereocenters. The number of hydrogen-bond acceptors (Lipinski definition) is 2. The van der Waals surface area contributed by atoms with Crippen LogP contribution in [0.3, 0.4) is 0 Å². The van der Waals surface area contributed by atoms with E-state index in [1.54, 1.807) is 6.20 Å². The van der Waals surface area contributed by atoms with E-state index in [-0.39, 0.29) is 5.37 Å². The molecule has 0 aliphatic carbocycles. The standard InChI is InChI=1S/C4H6N2S2/c7-3-1-2-5-4(8)6-3/h1-3,7H,(H2,5,6,8)/t3-/m1/s1. The summed E-state index contributed by atoms with van der Waals surface area (Å²) in [6, 6.07) is 0. The minimum atomic E-state index is 0.0729. The summed E-state index contributed by atoms with van der Waals surface area (Å²) < 4.78 is 0. The number of hydrogen-bond donors (Lipinski definition) is 3. The van der Waals surface area contributed by atoms with Crippen molar-refractivity contribution in [2.45, 2.75) is 5.37 Å². The van der Waals surface area contributed by atoms with Gasteiger partial charge in [-0.05, 0) is 18.3 Å². The first kappa shape index (κ1) is 5.91. The van der Waals surface area contributed by atoms with Crippen molar-refractivity contribution in [1.29, 1.82) is 0 Å². The molecule has 2 N–H and O–H groups in total. The van der Waals surface area contributed by atoms with Crippen LogP contribution < -0.4 is 10.6 Å². The molecule has 1 aliphatic heterocycles. The van der Waals surface area contributed by atoms with E-state index in [1.165, 1.54) is 0 Å².